The number of rotatable bonds is 3. The van der Waals surface area contributed by atoms with Crippen LogP contribution in [-0.4, -0.2) is 73.0 Å². The van der Waals surface area contributed by atoms with Crippen molar-refractivity contribution >= 4 is 53.0 Å². The van der Waals surface area contributed by atoms with Crippen molar-refractivity contribution in [1.29, 1.82) is 0 Å². The van der Waals surface area contributed by atoms with Crippen LogP contribution in [0.3, 0.4) is 0 Å². The lowest BCUT2D eigenvalue weighted by Crippen LogP contribution is -2.13. The van der Waals surface area contributed by atoms with Crippen LogP contribution in [0, 0.1) is 0 Å². The molecule has 2 aliphatic carbocycles. The highest BCUT2D eigenvalue weighted by molar-refractivity contribution is 7.90. The van der Waals surface area contributed by atoms with E-state index in [0.717, 1.165) is 18.2 Å². The summed E-state index contributed by atoms with van der Waals surface area (Å²) in [7, 11) is -15.2. The Hall–Kier alpha value is -4.86. The van der Waals surface area contributed by atoms with Gasteiger partial charge in [0, 0.05) is 0 Å². The third-order valence-corrected chi connectivity index (χ3v) is 6.61. The third kappa shape index (κ3) is 13.0. The van der Waals surface area contributed by atoms with Crippen LogP contribution in [0.15, 0.2) is 106 Å². The number of ketones is 2. The van der Waals surface area contributed by atoms with E-state index in [-0.39, 0.29) is 11.5 Å². The summed E-state index contributed by atoms with van der Waals surface area (Å²) in [6.45, 7) is 0. The number of phenolic OH excluding ortho intramolecular Hbond substituents is 2. The summed E-state index contributed by atoms with van der Waals surface area (Å²) in [6, 6.07) is 9.95. The number of phenols is 2. The molecule has 20 heteroatoms. The minimum Gasteiger partial charge on any atom is -0.508 e. The summed E-state index contributed by atoms with van der Waals surface area (Å²) in [5.74, 6) is -1.37. The van der Waals surface area contributed by atoms with Gasteiger partial charge in [0.1, 0.15) is 21.3 Å². The molecule has 4 N–H and O–H groups in total. The predicted octanol–water partition coefficient (Wildman–Crippen LogP) is 0.892. The molecule has 0 atom stereocenters. The zero-order chi connectivity index (χ0) is 33.8. The van der Waals surface area contributed by atoms with Crippen molar-refractivity contribution in [3.63, 3.8) is 0 Å². The molecule has 16 nitrogen and oxygen atoms in total. The molecule has 0 bridgehead atoms. The van der Waals surface area contributed by atoms with Crippen LogP contribution in [0.25, 0.3) is 11.1 Å². The molecule has 2 aromatic rings. The van der Waals surface area contributed by atoms with Crippen LogP contribution in [0.5, 0.6) is 11.5 Å². The lowest BCUT2D eigenvalue weighted by atomic mass is 9.99. The van der Waals surface area contributed by atoms with Crippen molar-refractivity contribution in [2.75, 3.05) is 0 Å². The van der Waals surface area contributed by atoms with E-state index >= 15 is 0 Å². The summed E-state index contributed by atoms with van der Waals surface area (Å²) < 4.78 is 113. The van der Waals surface area contributed by atoms with Crippen LogP contribution in [0.2, 0.25) is 0 Å². The Kier molecular flexibility index (Phi) is 13.6. The van der Waals surface area contributed by atoms with Gasteiger partial charge in [0.25, 0.3) is 20.2 Å². The van der Waals surface area contributed by atoms with Gasteiger partial charge in [-0.1, -0.05) is 36.4 Å². The molecule has 0 heterocycles. The summed E-state index contributed by atoms with van der Waals surface area (Å²) >= 11 is 0. The zero-order valence-electron chi connectivity index (χ0n) is 21.4. The highest BCUT2D eigenvalue weighted by atomic mass is 32.2. The van der Waals surface area contributed by atoms with E-state index in [4.69, 9.17) is 39.5 Å². The smallest absolute Gasteiger partial charge is 0.425 e. The van der Waals surface area contributed by atoms with E-state index in [0.29, 0.717) is 22.3 Å². The number of benzene rings is 2. The molecule has 2 aromatic carbocycles. The van der Waals surface area contributed by atoms with Gasteiger partial charge in [0.05, 0.1) is 0 Å². The first-order chi connectivity index (χ1) is 20.2. The van der Waals surface area contributed by atoms with E-state index in [1.807, 2.05) is 0 Å². The van der Waals surface area contributed by atoms with Gasteiger partial charge in [0.15, 0.2) is 11.6 Å². The number of hydrogen-bond donors (Lipinski definition) is 4. The summed E-state index contributed by atoms with van der Waals surface area (Å²) in [5.41, 5.74) is 2.17. The average molecular weight is 691 g/mol. The number of allylic oxidation sites excluding steroid dienone is 10. The monoisotopic (exact) mass is 690 g/mol. The van der Waals surface area contributed by atoms with Gasteiger partial charge in [-0.2, -0.15) is 16.8 Å². The fourth-order valence-corrected chi connectivity index (χ4v) is 4.30. The molecule has 0 spiro atoms. The van der Waals surface area contributed by atoms with E-state index in [1.165, 1.54) is 54.6 Å². The van der Waals surface area contributed by atoms with E-state index in [1.54, 1.807) is 12.1 Å². The average Bonchev–Trinajstić information content (AvgIpc) is 2.89. The topological polar surface area (TPSA) is 286 Å². The molecular formula is C24H18O16S4. The van der Waals surface area contributed by atoms with Crippen LogP contribution in [0.4, 0.5) is 0 Å². The fraction of sp³-hybridized carbons (Fsp3) is 0. The van der Waals surface area contributed by atoms with Crippen molar-refractivity contribution < 1.29 is 71.0 Å². The standard InChI is InChI=1S/C12H10O5S.C12H8O5S.2O3S/c2*13-10-4-1-8(2-5-10)9-3-6-11(14)12(7-9)18(15,16)17;2*1-4(2)3/h1-7,13-14H,(H,15,16,17);1-7H,(H,15,16,17);;. The van der Waals surface area contributed by atoms with Crippen LogP contribution >= 0.6 is 0 Å². The van der Waals surface area contributed by atoms with Gasteiger partial charge in [-0.05, 0) is 70.8 Å². The SMILES string of the molecule is O=C1C=CC(=C2C=CC(=O)C(S(=O)(=O)O)=C2)C=C1.O=S(=O)(O)c1cc(-c2ccc(O)cc2)ccc1O.O=S(=O)=O.O=S(=O)=O. The molecule has 0 saturated heterocycles. The fourth-order valence-electron chi connectivity index (χ4n) is 3.09. The number of aromatic hydroxyl groups is 2. The lowest BCUT2D eigenvalue weighted by Gasteiger charge is -2.09. The molecule has 0 amide bonds. The van der Waals surface area contributed by atoms with Gasteiger partial charge < -0.3 is 10.2 Å². The van der Waals surface area contributed by atoms with Crippen molar-refractivity contribution in [3.8, 4) is 22.6 Å². The Labute approximate surface area is 251 Å². The minimum atomic E-state index is -4.55. The number of carbonyl (C=O) groups is 2. The summed E-state index contributed by atoms with van der Waals surface area (Å²) in [4.78, 5) is 21.0. The second-order valence-corrected chi connectivity index (χ2v) is 11.4. The summed E-state index contributed by atoms with van der Waals surface area (Å²) in [6.07, 6.45) is 9.24. The Morgan fingerprint density at radius 1 is 0.568 bits per heavy atom. The van der Waals surface area contributed by atoms with E-state index < -0.39 is 62.8 Å². The van der Waals surface area contributed by atoms with Crippen molar-refractivity contribution in [2.24, 2.45) is 0 Å². The van der Waals surface area contributed by atoms with E-state index in [9.17, 15) is 31.5 Å². The Bertz CT molecular complexity index is 1990. The Morgan fingerprint density at radius 2 is 1.02 bits per heavy atom. The molecule has 4 rings (SSSR count). The van der Waals surface area contributed by atoms with Gasteiger partial charge in [-0.25, -0.2) is 0 Å². The highest BCUT2D eigenvalue weighted by Gasteiger charge is 2.24. The Morgan fingerprint density at radius 3 is 1.48 bits per heavy atom. The number of hydrogen-bond acceptors (Lipinski definition) is 14. The van der Waals surface area contributed by atoms with Gasteiger partial charge in [-0.15, -0.1) is 25.3 Å². The zero-order valence-corrected chi connectivity index (χ0v) is 24.7. The van der Waals surface area contributed by atoms with Gasteiger partial charge >= 0.3 is 21.2 Å². The molecule has 2 aliphatic rings. The first-order valence-electron chi connectivity index (χ1n) is 10.9. The van der Waals surface area contributed by atoms with Crippen molar-refractivity contribution in [2.45, 2.75) is 4.90 Å². The molecule has 234 valence electrons. The van der Waals surface area contributed by atoms with Crippen molar-refractivity contribution in [3.05, 3.63) is 101 Å². The number of carbonyl (C=O) groups excluding carboxylic acids is 2. The minimum absolute atomic E-state index is 0.0903. The Balaban J connectivity index is 0.000000355. The van der Waals surface area contributed by atoms with Crippen LogP contribution in [-0.2, 0) is 51.0 Å². The van der Waals surface area contributed by atoms with Crippen LogP contribution < -0.4 is 0 Å². The second-order valence-electron chi connectivity index (χ2n) is 7.77. The first-order valence-corrected chi connectivity index (χ1v) is 15.8. The first kappa shape index (κ1) is 37.2. The normalized spacial score (nSPS) is 13.7. The lowest BCUT2D eigenvalue weighted by molar-refractivity contribution is -0.111. The molecule has 0 unspecified atom stereocenters. The molecule has 0 fully saturated rings. The molecule has 44 heavy (non-hydrogen) atoms. The summed E-state index contributed by atoms with van der Waals surface area (Å²) in [5, 5.41) is 18.5. The van der Waals surface area contributed by atoms with Crippen LogP contribution in [0.1, 0.15) is 0 Å². The van der Waals surface area contributed by atoms with Crippen molar-refractivity contribution in [1.82, 2.24) is 0 Å². The van der Waals surface area contributed by atoms with Gasteiger partial charge in [-0.3, -0.25) is 18.7 Å². The molecule has 0 aromatic heterocycles. The molecule has 0 saturated carbocycles. The molecular weight excluding hydrogens is 673 g/mol. The second kappa shape index (κ2) is 16.1. The quantitative estimate of drug-likeness (QED) is 0.325. The molecule has 0 radical (unpaired) electrons. The highest BCUT2D eigenvalue weighted by Crippen LogP contribution is 2.29. The van der Waals surface area contributed by atoms with E-state index in [2.05, 4.69) is 0 Å². The maximum atomic E-state index is 11.3. The van der Waals surface area contributed by atoms with Gasteiger partial charge in [0.2, 0.25) is 0 Å². The maximum absolute atomic E-state index is 11.3. The third-order valence-electron chi connectivity index (χ3n) is 4.85. The predicted molar refractivity (Wildman–Crippen MR) is 149 cm³/mol. The largest absolute Gasteiger partial charge is 0.508 e. The molecule has 0 aliphatic heterocycles. The maximum Gasteiger partial charge on any atom is 0.425 e.